The van der Waals surface area contributed by atoms with Gasteiger partial charge in [-0.15, -0.1) is 10.2 Å². The molecule has 2 aliphatic rings. The number of hydrogen-bond acceptors (Lipinski definition) is 7. The van der Waals surface area contributed by atoms with Gasteiger partial charge in [-0.05, 0) is 61.1 Å². The van der Waals surface area contributed by atoms with Gasteiger partial charge in [0.25, 0.3) is 5.91 Å². The molecule has 1 aromatic carbocycles. The molecule has 4 rings (SSSR count). The summed E-state index contributed by atoms with van der Waals surface area (Å²) >= 11 is 0. The zero-order chi connectivity index (χ0) is 26.5. The summed E-state index contributed by atoms with van der Waals surface area (Å²) in [5.41, 5.74) is -2.95. The highest BCUT2D eigenvalue weighted by Crippen LogP contribution is 2.55. The number of likely N-dealkylation sites (tertiary alicyclic amines) is 1. The molecule has 198 valence electrons. The lowest BCUT2D eigenvalue weighted by Gasteiger charge is -2.51. The summed E-state index contributed by atoms with van der Waals surface area (Å²) in [5, 5.41) is 19.4. The number of hydrogen-bond donors (Lipinski definition) is 1. The third-order valence-corrected chi connectivity index (χ3v) is 7.22. The smallest absolute Gasteiger partial charge is 0.352 e. The SMILES string of the molecule is COc1ccc(-c2nnc([C@@H]3CCCN3C(=O)C(F)(F)C3(O)CC(C)(C)CC(C)(C)C3)o2)cc1OC. The number of aromatic nitrogens is 2. The van der Waals surface area contributed by atoms with Crippen LogP contribution in [0.2, 0.25) is 0 Å². The van der Waals surface area contributed by atoms with E-state index >= 15 is 8.78 Å². The molecular weight excluding hydrogens is 472 g/mol. The van der Waals surface area contributed by atoms with E-state index in [1.807, 2.05) is 27.7 Å². The monoisotopic (exact) mass is 507 g/mol. The summed E-state index contributed by atoms with van der Waals surface area (Å²) in [7, 11) is 3.03. The van der Waals surface area contributed by atoms with E-state index in [0.717, 1.165) is 4.90 Å². The number of carbonyl (C=O) groups excluding carboxylic acids is 1. The van der Waals surface area contributed by atoms with Crippen LogP contribution in [0.25, 0.3) is 11.5 Å². The number of rotatable bonds is 6. The zero-order valence-electron chi connectivity index (χ0n) is 21.7. The summed E-state index contributed by atoms with van der Waals surface area (Å²) in [4.78, 5) is 14.4. The Labute approximate surface area is 210 Å². The normalized spacial score (nSPS) is 22.9. The van der Waals surface area contributed by atoms with E-state index in [1.54, 1.807) is 18.2 Å². The second kappa shape index (κ2) is 8.97. The predicted molar refractivity (Wildman–Crippen MR) is 128 cm³/mol. The first-order valence-electron chi connectivity index (χ1n) is 12.2. The first-order valence-corrected chi connectivity index (χ1v) is 12.2. The molecule has 36 heavy (non-hydrogen) atoms. The Hall–Kier alpha value is -2.75. The van der Waals surface area contributed by atoms with Crippen LogP contribution in [-0.4, -0.2) is 58.4 Å². The van der Waals surface area contributed by atoms with Gasteiger partial charge in [0.05, 0.1) is 14.2 Å². The molecule has 0 radical (unpaired) electrons. The molecule has 10 heteroatoms. The quantitative estimate of drug-likeness (QED) is 0.586. The lowest BCUT2D eigenvalue weighted by Crippen LogP contribution is -2.62. The maximum Gasteiger partial charge on any atom is 0.352 e. The van der Waals surface area contributed by atoms with Crippen molar-refractivity contribution in [1.29, 1.82) is 0 Å². The highest BCUT2D eigenvalue weighted by atomic mass is 19.3. The molecule has 1 saturated heterocycles. The van der Waals surface area contributed by atoms with Crippen LogP contribution in [0, 0.1) is 10.8 Å². The van der Waals surface area contributed by atoms with Crippen LogP contribution in [0.5, 0.6) is 11.5 Å². The van der Waals surface area contributed by atoms with E-state index in [1.165, 1.54) is 14.2 Å². The van der Waals surface area contributed by atoms with Crippen LogP contribution in [0.4, 0.5) is 8.78 Å². The fraction of sp³-hybridized carbons (Fsp3) is 0.654. The van der Waals surface area contributed by atoms with Crippen LogP contribution in [-0.2, 0) is 4.79 Å². The molecule has 1 N–H and O–H groups in total. The van der Waals surface area contributed by atoms with Crippen molar-refractivity contribution in [2.75, 3.05) is 20.8 Å². The second-order valence-corrected chi connectivity index (χ2v) is 11.6. The van der Waals surface area contributed by atoms with Crippen LogP contribution < -0.4 is 9.47 Å². The zero-order valence-corrected chi connectivity index (χ0v) is 21.7. The third kappa shape index (κ3) is 4.67. The molecule has 2 aromatic rings. The molecule has 1 atom stereocenters. The number of alkyl halides is 2. The van der Waals surface area contributed by atoms with Crippen molar-refractivity contribution in [3.63, 3.8) is 0 Å². The number of benzene rings is 1. The van der Waals surface area contributed by atoms with Gasteiger partial charge >= 0.3 is 5.92 Å². The number of ether oxygens (including phenoxy) is 2. The fourth-order valence-corrected chi connectivity index (χ4v) is 6.39. The molecular formula is C26H35F2N3O5. The van der Waals surface area contributed by atoms with Crippen molar-refractivity contribution in [3.05, 3.63) is 24.1 Å². The van der Waals surface area contributed by atoms with Crippen molar-refractivity contribution < 1.29 is 32.6 Å². The van der Waals surface area contributed by atoms with Crippen LogP contribution >= 0.6 is 0 Å². The van der Waals surface area contributed by atoms with Gasteiger partial charge in [-0.2, -0.15) is 8.78 Å². The maximum atomic E-state index is 15.8. The van der Waals surface area contributed by atoms with Gasteiger partial charge in [0.15, 0.2) is 11.5 Å². The number of methoxy groups -OCH3 is 2. The summed E-state index contributed by atoms with van der Waals surface area (Å²) < 4.78 is 48.0. The first-order chi connectivity index (χ1) is 16.7. The predicted octanol–water partition coefficient (Wildman–Crippen LogP) is 5.02. The summed E-state index contributed by atoms with van der Waals surface area (Å²) in [6.07, 6.45) is 1.27. The largest absolute Gasteiger partial charge is 0.493 e. The molecule has 8 nitrogen and oxygen atoms in total. The van der Waals surface area contributed by atoms with Gasteiger partial charge in [-0.25, -0.2) is 0 Å². The van der Waals surface area contributed by atoms with Gasteiger partial charge in [-0.1, -0.05) is 27.7 Å². The minimum Gasteiger partial charge on any atom is -0.493 e. The molecule has 0 unspecified atom stereocenters. The van der Waals surface area contributed by atoms with E-state index in [2.05, 4.69) is 10.2 Å². The van der Waals surface area contributed by atoms with E-state index in [4.69, 9.17) is 13.9 Å². The molecule has 1 saturated carbocycles. The molecule has 1 amide bonds. The van der Waals surface area contributed by atoms with Crippen LogP contribution in [0.15, 0.2) is 22.6 Å². The second-order valence-electron chi connectivity index (χ2n) is 11.6. The van der Waals surface area contributed by atoms with E-state index in [9.17, 15) is 9.90 Å². The Morgan fingerprint density at radius 1 is 1.08 bits per heavy atom. The number of amides is 1. The van der Waals surface area contributed by atoms with Crippen molar-refractivity contribution in [3.8, 4) is 23.0 Å². The van der Waals surface area contributed by atoms with Crippen molar-refractivity contribution in [1.82, 2.24) is 15.1 Å². The number of halogens is 2. The van der Waals surface area contributed by atoms with Gasteiger partial charge in [0.2, 0.25) is 11.8 Å². The highest BCUT2D eigenvalue weighted by molar-refractivity contribution is 5.85. The fourth-order valence-electron chi connectivity index (χ4n) is 6.39. The van der Waals surface area contributed by atoms with Crippen molar-refractivity contribution in [2.45, 2.75) is 77.4 Å². The minimum atomic E-state index is -3.96. The van der Waals surface area contributed by atoms with Gasteiger partial charge in [0.1, 0.15) is 11.6 Å². The van der Waals surface area contributed by atoms with Gasteiger partial charge in [0, 0.05) is 12.1 Å². The average Bonchev–Trinajstić information content (AvgIpc) is 3.45. The minimum absolute atomic E-state index is 0.0812. The lowest BCUT2D eigenvalue weighted by atomic mass is 9.58. The number of carbonyl (C=O) groups is 1. The number of aliphatic hydroxyl groups is 1. The summed E-state index contributed by atoms with van der Waals surface area (Å²) in [6, 6.07) is 4.28. The Bertz CT molecular complexity index is 1110. The van der Waals surface area contributed by atoms with Crippen LogP contribution in [0.3, 0.4) is 0 Å². The van der Waals surface area contributed by atoms with E-state index < -0.39 is 34.3 Å². The van der Waals surface area contributed by atoms with Crippen molar-refractivity contribution >= 4 is 5.91 Å². The van der Waals surface area contributed by atoms with E-state index in [-0.39, 0.29) is 31.2 Å². The standard InChI is InChI=1S/C26H35F2N3O5/c1-23(2)13-24(3,4)15-25(33,14-23)26(27,28)22(32)31-11-7-8-17(31)21-30-29-20(36-21)16-9-10-18(34-5)19(12-16)35-6/h9-10,12,17,33H,7-8,11,13-15H2,1-6H3/t17-/m0/s1. The Kier molecular flexibility index (Phi) is 6.56. The Morgan fingerprint density at radius 2 is 1.72 bits per heavy atom. The molecule has 0 spiro atoms. The lowest BCUT2D eigenvalue weighted by molar-refractivity contribution is -0.231. The molecule has 0 bridgehead atoms. The average molecular weight is 508 g/mol. The molecule has 1 aliphatic heterocycles. The van der Waals surface area contributed by atoms with Gasteiger partial charge in [-0.3, -0.25) is 4.79 Å². The molecule has 1 aromatic heterocycles. The van der Waals surface area contributed by atoms with Crippen LogP contribution in [0.1, 0.15) is 71.7 Å². The van der Waals surface area contributed by atoms with Crippen molar-refractivity contribution in [2.24, 2.45) is 10.8 Å². The molecule has 1 aliphatic carbocycles. The topological polar surface area (TPSA) is 97.9 Å². The number of nitrogens with zero attached hydrogens (tertiary/aromatic N) is 3. The third-order valence-electron chi connectivity index (χ3n) is 7.22. The summed E-state index contributed by atoms with van der Waals surface area (Å²) in [5.74, 6) is -4.10. The maximum absolute atomic E-state index is 15.8. The first kappa shape index (κ1) is 26.3. The molecule has 2 heterocycles. The Balaban J connectivity index is 1.60. The Morgan fingerprint density at radius 3 is 2.33 bits per heavy atom. The highest BCUT2D eigenvalue weighted by Gasteiger charge is 2.65. The van der Waals surface area contributed by atoms with Gasteiger partial charge < -0.3 is 23.9 Å². The molecule has 2 fully saturated rings. The van der Waals surface area contributed by atoms with E-state index in [0.29, 0.717) is 36.3 Å². The summed E-state index contributed by atoms with van der Waals surface area (Å²) in [6.45, 7) is 7.53.